The topological polar surface area (TPSA) is 47.6 Å². The molecule has 0 atom stereocenters. The molecule has 3 rings (SSSR count). The molecule has 2 N–H and O–H groups in total. The second-order valence-electron chi connectivity index (χ2n) is 4.26. The van der Waals surface area contributed by atoms with Crippen molar-refractivity contribution in [2.45, 2.75) is 31.3 Å². The number of ether oxygens (including phenoxy) is 1. The fourth-order valence-electron chi connectivity index (χ4n) is 2.36. The fourth-order valence-corrected chi connectivity index (χ4v) is 2.36. The first-order valence-corrected chi connectivity index (χ1v) is 4.80. The van der Waals surface area contributed by atoms with Gasteiger partial charge in [0.05, 0.1) is 6.54 Å². The van der Waals surface area contributed by atoms with Crippen molar-refractivity contribution >= 4 is 6.02 Å². The van der Waals surface area contributed by atoms with E-state index < -0.39 is 0 Å². The standard InChI is InChI=1S/C9H14N2O/c10-8-11-5-9(12-8,6-1-2-6)7-3-4-7/h6-7H,1-5H2,(H2,10,11). The van der Waals surface area contributed by atoms with E-state index in [4.69, 9.17) is 10.5 Å². The quantitative estimate of drug-likeness (QED) is 0.662. The van der Waals surface area contributed by atoms with Crippen molar-refractivity contribution in [3.8, 4) is 0 Å². The van der Waals surface area contributed by atoms with Gasteiger partial charge in [-0.3, -0.25) is 0 Å². The molecule has 1 heterocycles. The van der Waals surface area contributed by atoms with Gasteiger partial charge in [0.25, 0.3) is 6.02 Å². The lowest BCUT2D eigenvalue weighted by atomic mass is 9.92. The summed E-state index contributed by atoms with van der Waals surface area (Å²) in [5.41, 5.74) is 5.63. The molecule has 1 aliphatic heterocycles. The van der Waals surface area contributed by atoms with Gasteiger partial charge in [0.15, 0.2) is 0 Å². The Bertz CT molecular complexity index is 229. The highest BCUT2D eigenvalue weighted by atomic mass is 16.5. The summed E-state index contributed by atoms with van der Waals surface area (Å²) in [6.07, 6.45) is 5.28. The van der Waals surface area contributed by atoms with Crippen molar-refractivity contribution < 1.29 is 4.74 Å². The van der Waals surface area contributed by atoms with Crippen LogP contribution in [0.3, 0.4) is 0 Å². The van der Waals surface area contributed by atoms with Crippen LogP contribution in [0.4, 0.5) is 0 Å². The second-order valence-corrected chi connectivity index (χ2v) is 4.26. The summed E-state index contributed by atoms with van der Waals surface area (Å²) in [7, 11) is 0. The molecular formula is C9H14N2O. The van der Waals surface area contributed by atoms with Crippen molar-refractivity contribution in [3.63, 3.8) is 0 Å². The molecule has 3 heteroatoms. The third-order valence-corrected chi connectivity index (χ3v) is 3.31. The number of nitrogens with zero attached hydrogens (tertiary/aromatic N) is 1. The van der Waals surface area contributed by atoms with Crippen molar-refractivity contribution in [2.75, 3.05) is 6.54 Å². The minimum Gasteiger partial charge on any atom is -0.456 e. The zero-order chi connectivity index (χ0) is 8.18. The Morgan fingerprint density at radius 1 is 1.25 bits per heavy atom. The molecule has 0 saturated heterocycles. The summed E-state index contributed by atoms with van der Waals surface area (Å²) in [4.78, 5) is 4.18. The summed E-state index contributed by atoms with van der Waals surface area (Å²) in [5, 5.41) is 0. The molecule has 0 radical (unpaired) electrons. The molecule has 12 heavy (non-hydrogen) atoms. The lowest BCUT2D eigenvalue weighted by Gasteiger charge is -2.27. The van der Waals surface area contributed by atoms with Crippen LogP contribution >= 0.6 is 0 Å². The number of rotatable bonds is 2. The van der Waals surface area contributed by atoms with Crippen LogP contribution in [-0.2, 0) is 4.74 Å². The number of aliphatic imine (C=N–C) groups is 1. The Morgan fingerprint density at radius 3 is 2.17 bits per heavy atom. The van der Waals surface area contributed by atoms with Gasteiger partial charge in [0, 0.05) is 11.8 Å². The molecule has 0 bridgehead atoms. The summed E-state index contributed by atoms with van der Waals surface area (Å²) < 4.78 is 5.72. The Hall–Kier alpha value is -0.730. The zero-order valence-electron chi connectivity index (χ0n) is 7.12. The van der Waals surface area contributed by atoms with Crippen molar-refractivity contribution in [3.05, 3.63) is 0 Å². The van der Waals surface area contributed by atoms with Gasteiger partial charge in [-0.1, -0.05) is 0 Å². The minimum atomic E-state index is 0.0596. The van der Waals surface area contributed by atoms with Crippen LogP contribution in [-0.4, -0.2) is 18.2 Å². The number of hydrogen-bond acceptors (Lipinski definition) is 3. The Kier molecular flexibility index (Phi) is 1.10. The van der Waals surface area contributed by atoms with Crippen LogP contribution < -0.4 is 5.73 Å². The molecule has 0 aromatic carbocycles. The largest absolute Gasteiger partial charge is 0.456 e. The van der Waals surface area contributed by atoms with Crippen molar-refractivity contribution in [1.82, 2.24) is 0 Å². The van der Waals surface area contributed by atoms with E-state index >= 15 is 0 Å². The lowest BCUT2D eigenvalue weighted by Crippen LogP contribution is -2.39. The highest BCUT2D eigenvalue weighted by Crippen LogP contribution is 2.55. The maximum Gasteiger partial charge on any atom is 0.282 e. The maximum absolute atomic E-state index is 5.72. The van der Waals surface area contributed by atoms with Crippen LogP contribution in [0.5, 0.6) is 0 Å². The highest BCUT2D eigenvalue weighted by Gasteiger charge is 2.58. The Balaban J connectivity index is 1.84. The molecule has 2 saturated carbocycles. The maximum atomic E-state index is 5.72. The average molecular weight is 166 g/mol. The molecule has 66 valence electrons. The van der Waals surface area contributed by atoms with E-state index in [2.05, 4.69) is 4.99 Å². The minimum absolute atomic E-state index is 0.0596. The molecular weight excluding hydrogens is 152 g/mol. The first-order valence-electron chi connectivity index (χ1n) is 4.80. The number of nitrogens with two attached hydrogens (primary N) is 1. The van der Waals surface area contributed by atoms with Gasteiger partial charge in [0.1, 0.15) is 5.60 Å². The van der Waals surface area contributed by atoms with Crippen LogP contribution in [0.2, 0.25) is 0 Å². The molecule has 0 unspecified atom stereocenters. The molecule has 0 aromatic heterocycles. The van der Waals surface area contributed by atoms with E-state index in [0.717, 1.165) is 18.4 Å². The summed E-state index contributed by atoms with van der Waals surface area (Å²) in [6.45, 7) is 0.828. The van der Waals surface area contributed by atoms with Crippen LogP contribution in [0.25, 0.3) is 0 Å². The van der Waals surface area contributed by atoms with Gasteiger partial charge in [0.2, 0.25) is 0 Å². The summed E-state index contributed by atoms with van der Waals surface area (Å²) in [6, 6.07) is 0.425. The normalized spacial score (nSPS) is 32.8. The molecule has 0 aromatic rings. The van der Waals surface area contributed by atoms with Crippen LogP contribution in [0.15, 0.2) is 4.99 Å². The third kappa shape index (κ3) is 0.793. The van der Waals surface area contributed by atoms with E-state index in [0.29, 0.717) is 6.02 Å². The first-order chi connectivity index (χ1) is 5.81. The molecule has 2 aliphatic carbocycles. The predicted molar refractivity (Wildman–Crippen MR) is 45.8 cm³/mol. The van der Waals surface area contributed by atoms with E-state index in [1.165, 1.54) is 25.7 Å². The lowest BCUT2D eigenvalue weighted by molar-refractivity contribution is 0.0381. The van der Waals surface area contributed by atoms with Crippen LogP contribution in [0.1, 0.15) is 25.7 Å². The average Bonchev–Trinajstić information content (AvgIpc) is 2.92. The zero-order valence-corrected chi connectivity index (χ0v) is 7.12. The summed E-state index contributed by atoms with van der Waals surface area (Å²) >= 11 is 0. The van der Waals surface area contributed by atoms with E-state index in [1.54, 1.807) is 0 Å². The molecule has 2 fully saturated rings. The first kappa shape index (κ1) is 6.75. The van der Waals surface area contributed by atoms with E-state index in [9.17, 15) is 0 Å². The highest BCUT2D eigenvalue weighted by molar-refractivity contribution is 5.74. The van der Waals surface area contributed by atoms with Crippen LogP contribution in [0, 0.1) is 11.8 Å². The number of hydrogen-bond donors (Lipinski definition) is 1. The third-order valence-electron chi connectivity index (χ3n) is 3.31. The second kappa shape index (κ2) is 1.95. The SMILES string of the molecule is NC1=NCC(C2CC2)(C2CC2)O1. The van der Waals surface area contributed by atoms with E-state index in [1.807, 2.05) is 0 Å². The predicted octanol–water partition coefficient (Wildman–Crippen LogP) is 0.890. The van der Waals surface area contributed by atoms with E-state index in [-0.39, 0.29) is 5.60 Å². The number of amidine groups is 1. The molecule has 3 aliphatic rings. The van der Waals surface area contributed by atoms with Gasteiger partial charge in [-0.05, 0) is 25.7 Å². The van der Waals surface area contributed by atoms with Gasteiger partial charge >= 0.3 is 0 Å². The van der Waals surface area contributed by atoms with Gasteiger partial charge < -0.3 is 10.5 Å². The smallest absolute Gasteiger partial charge is 0.282 e. The Morgan fingerprint density at radius 2 is 1.83 bits per heavy atom. The summed E-state index contributed by atoms with van der Waals surface area (Å²) in [5.74, 6) is 1.52. The van der Waals surface area contributed by atoms with Gasteiger partial charge in [-0.2, -0.15) is 0 Å². The van der Waals surface area contributed by atoms with Gasteiger partial charge in [-0.25, -0.2) is 4.99 Å². The molecule has 3 nitrogen and oxygen atoms in total. The van der Waals surface area contributed by atoms with Crippen molar-refractivity contribution in [1.29, 1.82) is 0 Å². The fraction of sp³-hybridized carbons (Fsp3) is 0.889. The monoisotopic (exact) mass is 166 g/mol. The molecule has 0 amide bonds. The van der Waals surface area contributed by atoms with Gasteiger partial charge in [-0.15, -0.1) is 0 Å². The molecule has 0 spiro atoms. The van der Waals surface area contributed by atoms with Crippen molar-refractivity contribution in [2.24, 2.45) is 22.6 Å². The Labute approximate surface area is 72.0 Å².